The normalized spacial score (nSPS) is 23.7. The van der Waals surface area contributed by atoms with Crippen molar-refractivity contribution in [3.63, 3.8) is 0 Å². The van der Waals surface area contributed by atoms with E-state index in [1.54, 1.807) is 7.11 Å². The van der Waals surface area contributed by atoms with Crippen molar-refractivity contribution in [2.45, 2.75) is 44.8 Å². The maximum atomic E-state index is 6.26. The molecule has 0 aromatic heterocycles. The number of para-hydroxylation sites is 1. The lowest BCUT2D eigenvalue weighted by atomic mass is 9.77. The molecule has 1 aliphatic rings. The summed E-state index contributed by atoms with van der Waals surface area (Å²) in [6.45, 7) is 2.88. The van der Waals surface area contributed by atoms with E-state index in [1.165, 1.54) is 18.4 Å². The molecule has 1 atom stereocenters. The molecule has 0 aliphatic heterocycles. The first kappa shape index (κ1) is 14.4. The third-order valence-electron chi connectivity index (χ3n) is 3.91. The standard InChI is InChI=1S/C16H25NO2/c1-3-19-15-9-12(10-15)8-14(17)11-13-6-4-5-7-16(13)18-2/h4-7,12,14-15H,3,8-11,17H2,1-2H3. The number of hydrogen-bond acceptors (Lipinski definition) is 3. The predicted octanol–water partition coefficient (Wildman–Crippen LogP) is 2.77. The number of nitrogens with two attached hydrogens (primary N) is 1. The average molecular weight is 263 g/mol. The highest BCUT2D eigenvalue weighted by atomic mass is 16.5. The van der Waals surface area contributed by atoms with E-state index in [0.717, 1.165) is 31.1 Å². The van der Waals surface area contributed by atoms with Crippen LogP contribution >= 0.6 is 0 Å². The van der Waals surface area contributed by atoms with Crippen molar-refractivity contribution in [3.05, 3.63) is 29.8 Å². The van der Waals surface area contributed by atoms with Crippen molar-refractivity contribution < 1.29 is 9.47 Å². The van der Waals surface area contributed by atoms with E-state index in [1.807, 2.05) is 18.2 Å². The van der Waals surface area contributed by atoms with Crippen molar-refractivity contribution >= 4 is 0 Å². The van der Waals surface area contributed by atoms with Crippen LogP contribution < -0.4 is 10.5 Å². The van der Waals surface area contributed by atoms with Crippen molar-refractivity contribution in [3.8, 4) is 5.75 Å². The molecule has 2 N–H and O–H groups in total. The largest absolute Gasteiger partial charge is 0.496 e. The fourth-order valence-electron chi connectivity index (χ4n) is 2.90. The molecule has 3 heteroatoms. The van der Waals surface area contributed by atoms with Gasteiger partial charge in [-0.05, 0) is 50.2 Å². The summed E-state index contributed by atoms with van der Waals surface area (Å²) in [4.78, 5) is 0. The second-order valence-electron chi connectivity index (χ2n) is 5.43. The van der Waals surface area contributed by atoms with Gasteiger partial charge in [0.25, 0.3) is 0 Å². The molecule has 0 amide bonds. The maximum Gasteiger partial charge on any atom is 0.122 e. The van der Waals surface area contributed by atoms with Crippen LogP contribution in [0.2, 0.25) is 0 Å². The van der Waals surface area contributed by atoms with E-state index < -0.39 is 0 Å². The van der Waals surface area contributed by atoms with E-state index in [2.05, 4.69) is 13.0 Å². The summed E-state index contributed by atoms with van der Waals surface area (Å²) in [7, 11) is 1.71. The Hall–Kier alpha value is -1.06. The molecule has 0 radical (unpaired) electrons. The Bertz CT molecular complexity index is 388. The second kappa shape index (κ2) is 6.92. The number of benzene rings is 1. The smallest absolute Gasteiger partial charge is 0.122 e. The lowest BCUT2D eigenvalue weighted by molar-refractivity contribution is -0.0281. The number of hydrogen-bond donors (Lipinski definition) is 1. The highest BCUT2D eigenvalue weighted by Crippen LogP contribution is 2.34. The minimum atomic E-state index is 0.212. The van der Waals surface area contributed by atoms with Gasteiger partial charge in [-0.25, -0.2) is 0 Å². The molecule has 19 heavy (non-hydrogen) atoms. The topological polar surface area (TPSA) is 44.5 Å². The van der Waals surface area contributed by atoms with Crippen LogP contribution in [0.25, 0.3) is 0 Å². The van der Waals surface area contributed by atoms with E-state index in [0.29, 0.717) is 6.10 Å². The van der Waals surface area contributed by atoms with Gasteiger partial charge in [0.05, 0.1) is 13.2 Å². The molecule has 0 bridgehead atoms. The summed E-state index contributed by atoms with van der Waals surface area (Å²) in [5.41, 5.74) is 7.47. The Morgan fingerprint density at radius 2 is 2.05 bits per heavy atom. The lowest BCUT2D eigenvalue weighted by Gasteiger charge is -2.36. The van der Waals surface area contributed by atoms with Gasteiger partial charge < -0.3 is 15.2 Å². The zero-order valence-corrected chi connectivity index (χ0v) is 12.0. The van der Waals surface area contributed by atoms with Crippen LogP contribution in [0.15, 0.2) is 24.3 Å². The van der Waals surface area contributed by atoms with Gasteiger partial charge in [0.2, 0.25) is 0 Å². The number of rotatable bonds is 7. The molecule has 1 aromatic carbocycles. The van der Waals surface area contributed by atoms with Crippen LogP contribution in [0.5, 0.6) is 5.75 Å². The van der Waals surface area contributed by atoms with Gasteiger partial charge in [-0.1, -0.05) is 18.2 Å². The van der Waals surface area contributed by atoms with Crippen molar-refractivity contribution in [1.82, 2.24) is 0 Å². The lowest BCUT2D eigenvalue weighted by Crippen LogP contribution is -2.36. The Kier molecular flexibility index (Phi) is 5.23. The first-order chi connectivity index (χ1) is 9.22. The molecule has 1 unspecified atom stereocenters. The van der Waals surface area contributed by atoms with Crippen LogP contribution in [0.4, 0.5) is 0 Å². The summed E-state index contributed by atoms with van der Waals surface area (Å²) >= 11 is 0. The zero-order valence-electron chi connectivity index (χ0n) is 12.0. The highest BCUT2D eigenvalue weighted by Gasteiger charge is 2.30. The summed E-state index contributed by atoms with van der Waals surface area (Å²) in [5.74, 6) is 1.68. The van der Waals surface area contributed by atoms with Crippen LogP contribution in [0.3, 0.4) is 0 Å². The number of methoxy groups -OCH3 is 1. The Labute approximate surface area is 116 Å². The third kappa shape index (κ3) is 3.95. The van der Waals surface area contributed by atoms with Crippen molar-refractivity contribution in [2.24, 2.45) is 11.7 Å². The Balaban J connectivity index is 1.77. The predicted molar refractivity (Wildman–Crippen MR) is 77.4 cm³/mol. The third-order valence-corrected chi connectivity index (χ3v) is 3.91. The number of ether oxygens (including phenoxy) is 2. The zero-order chi connectivity index (χ0) is 13.7. The molecule has 2 rings (SSSR count). The molecule has 3 nitrogen and oxygen atoms in total. The molecule has 1 aliphatic carbocycles. The summed E-state index contributed by atoms with van der Waals surface area (Å²) in [6, 6.07) is 8.34. The molecular formula is C16H25NO2. The molecule has 106 valence electrons. The maximum absolute atomic E-state index is 6.26. The average Bonchev–Trinajstić information content (AvgIpc) is 2.37. The summed E-state index contributed by atoms with van der Waals surface area (Å²) in [6.07, 6.45) is 4.80. The molecule has 1 aromatic rings. The molecule has 0 heterocycles. The van der Waals surface area contributed by atoms with Gasteiger partial charge >= 0.3 is 0 Å². The van der Waals surface area contributed by atoms with Crippen LogP contribution in [-0.4, -0.2) is 25.9 Å². The van der Waals surface area contributed by atoms with E-state index in [9.17, 15) is 0 Å². The Morgan fingerprint density at radius 1 is 1.32 bits per heavy atom. The van der Waals surface area contributed by atoms with Crippen LogP contribution in [0.1, 0.15) is 31.7 Å². The summed E-state index contributed by atoms with van der Waals surface area (Å²) < 4.78 is 10.9. The quantitative estimate of drug-likeness (QED) is 0.822. The van der Waals surface area contributed by atoms with Crippen LogP contribution in [-0.2, 0) is 11.2 Å². The van der Waals surface area contributed by atoms with Gasteiger partial charge in [0.15, 0.2) is 0 Å². The van der Waals surface area contributed by atoms with E-state index in [4.69, 9.17) is 15.2 Å². The summed E-state index contributed by atoms with van der Waals surface area (Å²) in [5, 5.41) is 0. The molecular weight excluding hydrogens is 238 g/mol. The molecule has 1 fully saturated rings. The second-order valence-corrected chi connectivity index (χ2v) is 5.43. The highest BCUT2D eigenvalue weighted by molar-refractivity contribution is 5.33. The molecule has 0 spiro atoms. The van der Waals surface area contributed by atoms with Gasteiger partial charge in [0.1, 0.15) is 5.75 Å². The molecule has 1 saturated carbocycles. The SMILES string of the molecule is CCOC1CC(CC(N)Cc2ccccc2OC)C1. The Morgan fingerprint density at radius 3 is 2.74 bits per heavy atom. The van der Waals surface area contributed by atoms with Crippen molar-refractivity contribution in [1.29, 1.82) is 0 Å². The monoisotopic (exact) mass is 263 g/mol. The van der Waals surface area contributed by atoms with E-state index in [-0.39, 0.29) is 6.04 Å². The van der Waals surface area contributed by atoms with Gasteiger partial charge in [0, 0.05) is 12.6 Å². The fraction of sp³-hybridized carbons (Fsp3) is 0.625. The fourth-order valence-corrected chi connectivity index (χ4v) is 2.90. The van der Waals surface area contributed by atoms with Gasteiger partial charge in [-0.3, -0.25) is 0 Å². The van der Waals surface area contributed by atoms with Gasteiger partial charge in [-0.2, -0.15) is 0 Å². The van der Waals surface area contributed by atoms with E-state index >= 15 is 0 Å². The van der Waals surface area contributed by atoms with Crippen LogP contribution in [0, 0.1) is 5.92 Å². The molecule has 0 saturated heterocycles. The minimum Gasteiger partial charge on any atom is -0.496 e. The first-order valence-electron chi connectivity index (χ1n) is 7.22. The van der Waals surface area contributed by atoms with Gasteiger partial charge in [-0.15, -0.1) is 0 Å². The minimum absolute atomic E-state index is 0.212. The van der Waals surface area contributed by atoms with Crippen molar-refractivity contribution in [2.75, 3.05) is 13.7 Å². The first-order valence-corrected chi connectivity index (χ1v) is 7.22.